The lowest BCUT2D eigenvalue weighted by molar-refractivity contribution is 0.0757. The molecule has 150 valence electrons. The van der Waals surface area contributed by atoms with Gasteiger partial charge < -0.3 is 9.32 Å². The summed E-state index contributed by atoms with van der Waals surface area (Å²) in [5.41, 5.74) is 2.90. The number of hydrogen-bond donors (Lipinski definition) is 0. The van der Waals surface area contributed by atoms with Crippen molar-refractivity contribution in [2.24, 2.45) is 0 Å². The summed E-state index contributed by atoms with van der Waals surface area (Å²) >= 11 is 0. The van der Waals surface area contributed by atoms with E-state index < -0.39 is 0 Å². The van der Waals surface area contributed by atoms with E-state index in [0.29, 0.717) is 23.8 Å². The Kier molecular flexibility index (Phi) is 4.70. The molecule has 3 aromatic heterocycles. The van der Waals surface area contributed by atoms with E-state index in [1.165, 1.54) is 0 Å². The first kappa shape index (κ1) is 19.3. The topological polar surface area (TPSA) is 64.2 Å². The van der Waals surface area contributed by atoms with Gasteiger partial charge in [0.25, 0.3) is 5.91 Å². The van der Waals surface area contributed by atoms with Gasteiger partial charge in [-0.3, -0.25) is 4.79 Å². The van der Waals surface area contributed by atoms with Gasteiger partial charge in [-0.2, -0.15) is 5.10 Å². The van der Waals surface area contributed by atoms with Crippen LogP contribution in [0.1, 0.15) is 67.0 Å². The maximum Gasteiger partial charge on any atom is 0.255 e. The highest BCUT2D eigenvalue weighted by atomic mass is 16.3. The van der Waals surface area contributed by atoms with Gasteiger partial charge in [-0.15, -0.1) is 6.42 Å². The quantitative estimate of drug-likeness (QED) is 0.611. The second-order valence-electron chi connectivity index (χ2n) is 8.68. The number of carbonyl (C=O) groups is 1. The lowest BCUT2D eigenvalue weighted by atomic mass is 10.1. The van der Waals surface area contributed by atoms with Crippen LogP contribution in [0.2, 0.25) is 0 Å². The molecule has 1 amide bonds. The van der Waals surface area contributed by atoms with E-state index in [4.69, 9.17) is 20.9 Å². The zero-order chi connectivity index (χ0) is 20.8. The molecule has 1 fully saturated rings. The molecule has 0 unspecified atom stereocenters. The molecule has 3 heterocycles. The summed E-state index contributed by atoms with van der Waals surface area (Å²) in [5.74, 6) is 3.59. The van der Waals surface area contributed by atoms with Crippen molar-refractivity contribution in [1.82, 2.24) is 19.7 Å². The molecule has 0 saturated heterocycles. The number of furan rings is 1. The van der Waals surface area contributed by atoms with Crippen molar-refractivity contribution in [2.75, 3.05) is 6.54 Å². The van der Waals surface area contributed by atoms with Crippen LogP contribution in [0, 0.1) is 19.3 Å². The van der Waals surface area contributed by atoms with Crippen LogP contribution in [0.25, 0.3) is 11.0 Å². The predicted octanol–water partition coefficient (Wildman–Crippen LogP) is 4.24. The Morgan fingerprint density at radius 1 is 1.41 bits per heavy atom. The van der Waals surface area contributed by atoms with Gasteiger partial charge in [-0.25, -0.2) is 9.67 Å². The Labute approximate surface area is 170 Å². The van der Waals surface area contributed by atoms with Gasteiger partial charge >= 0.3 is 0 Å². The summed E-state index contributed by atoms with van der Waals surface area (Å²) < 4.78 is 7.37. The van der Waals surface area contributed by atoms with Crippen LogP contribution >= 0.6 is 0 Å². The zero-order valence-electron chi connectivity index (χ0n) is 17.4. The minimum absolute atomic E-state index is 0.120. The van der Waals surface area contributed by atoms with Crippen LogP contribution in [-0.4, -0.2) is 32.1 Å². The molecular weight excluding hydrogens is 364 g/mol. The number of terminal acetylenes is 1. The van der Waals surface area contributed by atoms with Gasteiger partial charge in [-0.05, 0) is 58.7 Å². The molecular formula is C23H26N4O2. The Hall–Kier alpha value is -3.07. The molecule has 29 heavy (non-hydrogen) atoms. The second-order valence-corrected chi connectivity index (χ2v) is 8.68. The summed E-state index contributed by atoms with van der Waals surface area (Å²) in [4.78, 5) is 20.2. The highest BCUT2D eigenvalue weighted by Crippen LogP contribution is 2.41. The zero-order valence-corrected chi connectivity index (χ0v) is 17.4. The third-order valence-electron chi connectivity index (χ3n) is 5.19. The minimum atomic E-state index is -0.241. The molecule has 0 aliphatic heterocycles. The lowest BCUT2D eigenvalue weighted by Crippen LogP contribution is -2.31. The Bertz CT molecular complexity index is 1090. The van der Waals surface area contributed by atoms with Crippen molar-refractivity contribution in [3.8, 4) is 12.3 Å². The standard InChI is InChI=1S/C23H26N4O2/c1-6-11-26(14-17-8-7-12-29-17)22(28)18-13-19(16-9-10-16)24-21-20(18)15(2)25-27(21)23(3,4)5/h1,7-8,12-13,16H,9-11,14H2,2-5H3. The molecule has 0 atom stereocenters. The van der Waals surface area contributed by atoms with Crippen LogP contribution < -0.4 is 0 Å². The van der Waals surface area contributed by atoms with E-state index in [1.807, 2.05) is 23.7 Å². The van der Waals surface area contributed by atoms with E-state index in [2.05, 4.69) is 26.7 Å². The lowest BCUT2D eigenvalue weighted by Gasteiger charge is -2.22. The van der Waals surface area contributed by atoms with E-state index in [0.717, 1.165) is 35.3 Å². The van der Waals surface area contributed by atoms with Crippen molar-refractivity contribution in [2.45, 2.75) is 58.5 Å². The first-order chi connectivity index (χ1) is 13.8. The van der Waals surface area contributed by atoms with Gasteiger partial charge in [0.2, 0.25) is 0 Å². The average molecular weight is 390 g/mol. The van der Waals surface area contributed by atoms with Crippen LogP contribution in [0.5, 0.6) is 0 Å². The molecule has 0 bridgehead atoms. The molecule has 6 nitrogen and oxygen atoms in total. The Morgan fingerprint density at radius 2 is 2.17 bits per heavy atom. The van der Waals surface area contributed by atoms with Gasteiger partial charge in [0.15, 0.2) is 5.65 Å². The number of carbonyl (C=O) groups excluding carboxylic acids is 1. The molecule has 3 aromatic rings. The maximum absolute atomic E-state index is 13.6. The molecule has 6 heteroatoms. The summed E-state index contributed by atoms with van der Waals surface area (Å²) in [7, 11) is 0. The van der Waals surface area contributed by atoms with Crippen molar-refractivity contribution < 1.29 is 9.21 Å². The molecule has 4 rings (SSSR count). The highest BCUT2D eigenvalue weighted by Gasteiger charge is 2.31. The van der Waals surface area contributed by atoms with E-state index >= 15 is 0 Å². The molecule has 0 N–H and O–H groups in total. The number of amides is 1. The van der Waals surface area contributed by atoms with Crippen molar-refractivity contribution in [1.29, 1.82) is 0 Å². The molecule has 0 radical (unpaired) electrons. The number of fused-ring (bicyclic) bond motifs is 1. The number of rotatable bonds is 5. The number of hydrogen-bond acceptors (Lipinski definition) is 4. The van der Waals surface area contributed by atoms with Gasteiger partial charge in [-0.1, -0.05) is 5.92 Å². The van der Waals surface area contributed by atoms with Crippen molar-refractivity contribution in [3.05, 3.63) is 47.2 Å². The fourth-order valence-corrected chi connectivity index (χ4v) is 3.60. The van der Waals surface area contributed by atoms with Crippen molar-refractivity contribution >= 4 is 16.9 Å². The number of nitrogens with zero attached hydrogens (tertiary/aromatic N) is 4. The van der Waals surface area contributed by atoms with Crippen LogP contribution in [0.15, 0.2) is 28.9 Å². The van der Waals surface area contributed by atoms with E-state index in [9.17, 15) is 4.79 Å². The Morgan fingerprint density at radius 3 is 2.76 bits per heavy atom. The third kappa shape index (κ3) is 3.65. The fourth-order valence-electron chi connectivity index (χ4n) is 3.60. The minimum Gasteiger partial charge on any atom is -0.467 e. The monoisotopic (exact) mass is 390 g/mol. The van der Waals surface area contributed by atoms with Crippen molar-refractivity contribution in [3.63, 3.8) is 0 Å². The second kappa shape index (κ2) is 7.07. The summed E-state index contributed by atoms with van der Waals surface area (Å²) in [6.45, 7) is 8.73. The summed E-state index contributed by atoms with van der Waals surface area (Å²) in [6.07, 6.45) is 9.37. The largest absolute Gasteiger partial charge is 0.467 e. The molecule has 0 aromatic carbocycles. The van der Waals surface area contributed by atoms with E-state index in [1.54, 1.807) is 17.2 Å². The SMILES string of the molecule is C#CCN(Cc1ccco1)C(=O)c1cc(C2CC2)nc2c1c(C)nn2C(C)(C)C. The molecule has 0 spiro atoms. The first-order valence-electron chi connectivity index (χ1n) is 9.95. The molecule has 1 saturated carbocycles. The first-order valence-corrected chi connectivity index (χ1v) is 9.95. The normalized spacial score (nSPS) is 14.2. The highest BCUT2D eigenvalue weighted by molar-refractivity contribution is 6.06. The predicted molar refractivity (Wildman–Crippen MR) is 112 cm³/mol. The van der Waals surface area contributed by atoms with E-state index in [-0.39, 0.29) is 18.0 Å². The van der Waals surface area contributed by atoms with Crippen LogP contribution in [0.3, 0.4) is 0 Å². The summed E-state index contributed by atoms with van der Waals surface area (Å²) in [6, 6.07) is 5.59. The van der Waals surface area contributed by atoms with Gasteiger partial charge in [0.1, 0.15) is 5.76 Å². The number of aryl methyl sites for hydroxylation is 1. The molecule has 1 aliphatic rings. The third-order valence-corrected chi connectivity index (χ3v) is 5.19. The van der Waals surface area contributed by atoms with Crippen LogP contribution in [0.4, 0.5) is 0 Å². The van der Waals surface area contributed by atoms with Crippen LogP contribution in [-0.2, 0) is 12.1 Å². The number of aromatic nitrogens is 3. The average Bonchev–Trinajstić information content (AvgIpc) is 3.29. The van der Waals surface area contributed by atoms with Gasteiger partial charge in [0.05, 0.1) is 41.5 Å². The fraction of sp³-hybridized carbons (Fsp3) is 0.435. The maximum atomic E-state index is 13.6. The summed E-state index contributed by atoms with van der Waals surface area (Å²) in [5, 5.41) is 5.53. The number of pyridine rings is 1. The smallest absolute Gasteiger partial charge is 0.255 e. The Balaban J connectivity index is 1.86. The molecule has 1 aliphatic carbocycles. The van der Waals surface area contributed by atoms with Gasteiger partial charge in [0, 0.05) is 11.6 Å².